The van der Waals surface area contributed by atoms with Crippen LogP contribution in [0.4, 0.5) is 0 Å². The van der Waals surface area contributed by atoms with Crippen LogP contribution in [0.15, 0.2) is 6.20 Å². The first-order valence-electron chi connectivity index (χ1n) is 12.5. The summed E-state index contributed by atoms with van der Waals surface area (Å²) in [6.45, 7) is 18.8. The van der Waals surface area contributed by atoms with E-state index in [9.17, 15) is 14.4 Å². The molecule has 0 saturated carbocycles. The van der Waals surface area contributed by atoms with Crippen LogP contribution in [-0.2, 0) is 31.2 Å². The molecule has 0 saturated heterocycles. The average Bonchev–Trinajstić information content (AvgIpc) is 3.21. The molecule has 1 aromatic rings. The lowest BCUT2D eigenvalue weighted by atomic mass is 10.0. The maximum atomic E-state index is 12.8. The first kappa shape index (κ1) is 30.7. The third kappa shape index (κ3) is 11.3. The minimum absolute atomic E-state index is 0.00808. The topological polar surface area (TPSA) is 127 Å². The summed E-state index contributed by atoms with van der Waals surface area (Å²) in [5.74, 6) is -0.518. The molecule has 2 atom stereocenters. The van der Waals surface area contributed by atoms with Crippen LogP contribution >= 0.6 is 0 Å². The molecule has 200 valence electrons. The molecule has 0 aromatic carbocycles. The fourth-order valence-electron chi connectivity index (χ4n) is 3.53. The van der Waals surface area contributed by atoms with Gasteiger partial charge in [0, 0.05) is 13.0 Å². The molecule has 35 heavy (non-hydrogen) atoms. The van der Waals surface area contributed by atoms with Crippen molar-refractivity contribution in [2.45, 2.75) is 111 Å². The number of nitrogens with one attached hydrogen (secondary N) is 3. The summed E-state index contributed by atoms with van der Waals surface area (Å²) in [7, 11) is 0. The molecular weight excluding hydrogens is 448 g/mol. The number of ketones is 1. The smallest absolute Gasteiger partial charge is 0.237 e. The number of nitrogens with zero attached hydrogens (tertiary/aromatic N) is 3. The van der Waals surface area contributed by atoms with Crippen molar-refractivity contribution in [3.8, 4) is 0 Å². The van der Waals surface area contributed by atoms with E-state index >= 15 is 0 Å². The van der Waals surface area contributed by atoms with Gasteiger partial charge in [-0.3, -0.25) is 14.4 Å². The summed E-state index contributed by atoms with van der Waals surface area (Å²) in [5.41, 5.74) is 0.173. The second-order valence-corrected chi connectivity index (χ2v) is 10.9. The van der Waals surface area contributed by atoms with E-state index in [4.69, 9.17) is 4.74 Å². The highest BCUT2D eigenvalue weighted by atomic mass is 16.5. The van der Waals surface area contributed by atoms with Crippen LogP contribution in [0.1, 0.15) is 87.3 Å². The number of likely N-dealkylation sites (N-methyl/N-ethyl adjacent to an activating group) is 1. The van der Waals surface area contributed by atoms with Gasteiger partial charge in [0.2, 0.25) is 11.8 Å². The Balaban J connectivity index is 2.62. The molecule has 0 aliphatic rings. The first-order chi connectivity index (χ1) is 16.2. The molecule has 0 aliphatic heterocycles. The standard InChI is InChI=1S/C25H46N6O4/c1-10-26-20(11-12-21(33)28-22(17(2)3)18(4)32)23(34)27-15-19-16-31(30-29-19)25(8,9)13-14-35-24(5,6)7/h16-17,20,22,26H,10-15H2,1-9H3,(H,27,34)(H,28,33). The molecule has 0 aliphatic carbocycles. The van der Waals surface area contributed by atoms with Crippen molar-refractivity contribution in [2.24, 2.45) is 5.92 Å². The molecular formula is C25H46N6O4. The van der Waals surface area contributed by atoms with Crippen LogP contribution in [0.25, 0.3) is 0 Å². The quantitative estimate of drug-likeness (QED) is 0.341. The highest BCUT2D eigenvalue weighted by molar-refractivity contribution is 5.88. The number of aromatic nitrogens is 3. The summed E-state index contributed by atoms with van der Waals surface area (Å²) < 4.78 is 7.63. The van der Waals surface area contributed by atoms with Gasteiger partial charge in [-0.15, -0.1) is 5.10 Å². The maximum Gasteiger partial charge on any atom is 0.237 e. The van der Waals surface area contributed by atoms with Crippen molar-refractivity contribution < 1.29 is 19.1 Å². The zero-order valence-electron chi connectivity index (χ0n) is 23.0. The van der Waals surface area contributed by atoms with Crippen molar-refractivity contribution >= 4 is 17.6 Å². The molecule has 1 rings (SSSR count). The van der Waals surface area contributed by atoms with Crippen LogP contribution in [0.3, 0.4) is 0 Å². The first-order valence-corrected chi connectivity index (χ1v) is 12.5. The summed E-state index contributed by atoms with van der Waals surface area (Å²) in [6, 6.07) is -1.04. The molecule has 1 aromatic heterocycles. The summed E-state index contributed by atoms with van der Waals surface area (Å²) >= 11 is 0. The van der Waals surface area contributed by atoms with Crippen molar-refractivity contribution in [1.29, 1.82) is 0 Å². The Labute approximate surface area is 210 Å². The van der Waals surface area contributed by atoms with Gasteiger partial charge in [0.1, 0.15) is 5.69 Å². The van der Waals surface area contributed by atoms with Crippen LogP contribution in [0, 0.1) is 5.92 Å². The van der Waals surface area contributed by atoms with E-state index in [0.29, 0.717) is 25.3 Å². The molecule has 0 spiro atoms. The summed E-state index contributed by atoms with van der Waals surface area (Å²) in [4.78, 5) is 36.8. The molecule has 0 radical (unpaired) electrons. The zero-order chi connectivity index (χ0) is 26.8. The molecule has 1 heterocycles. The molecule has 2 unspecified atom stereocenters. The molecule has 0 fully saturated rings. The minimum atomic E-state index is -0.526. The highest BCUT2D eigenvalue weighted by Crippen LogP contribution is 2.20. The van der Waals surface area contributed by atoms with Gasteiger partial charge in [-0.05, 0) is 66.8 Å². The average molecular weight is 495 g/mol. The predicted molar refractivity (Wildman–Crippen MR) is 136 cm³/mol. The van der Waals surface area contributed by atoms with Crippen LogP contribution in [-0.4, -0.2) is 63.4 Å². The third-order valence-corrected chi connectivity index (χ3v) is 5.70. The van der Waals surface area contributed by atoms with Crippen LogP contribution in [0.2, 0.25) is 0 Å². The number of rotatable bonds is 15. The normalized spacial score (nSPS) is 14.0. The lowest BCUT2D eigenvalue weighted by Crippen LogP contribution is -2.46. The third-order valence-electron chi connectivity index (χ3n) is 5.70. The van der Waals surface area contributed by atoms with Crippen molar-refractivity contribution in [1.82, 2.24) is 30.9 Å². The second-order valence-electron chi connectivity index (χ2n) is 10.9. The Morgan fingerprint density at radius 1 is 1.14 bits per heavy atom. The Morgan fingerprint density at radius 3 is 2.34 bits per heavy atom. The highest BCUT2D eigenvalue weighted by Gasteiger charge is 2.25. The lowest BCUT2D eigenvalue weighted by molar-refractivity contribution is -0.128. The number of hydrogen-bond donors (Lipinski definition) is 3. The fraction of sp³-hybridized carbons (Fsp3) is 0.800. The van der Waals surface area contributed by atoms with Crippen molar-refractivity contribution in [3.05, 3.63) is 11.9 Å². The van der Waals surface area contributed by atoms with Gasteiger partial charge in [-0.1, -0.05) is 26.0 Å². The zero-order valence-corrected chi connectivity index (χ0v) is 23.0. The molecule has 3 N–H and O–H groups in total. The van der Waals surface area contributed by atoms with E-state index in [2.05, 4.69) is 40.1 Å². The fourth-order valence-corrected chi connectivity index (χ4v) is 3.53. The Morgan fingerprint density at radius 2 is 1.80 bits per heavy atom. The second kappa shape index (κ2) is 13.7. The van der Waals surface area contributed by atoms with Crippen LogP contribution in [0.5, 0.6) is 0 Å². The van der Waals surface area contributed by atoms with Crippen molar-refractivity contribution in [3.63, 3.8) is 0 Å². The van der Waals surface area contributed by atoms with Gasteiger partial charge < -0.3 is 20.7 Å². The number of carbonyl (C=O) groups is 3. The molecule has 10 heteroatoms. The Hall–Kier alpha value is -2.33. The number of ether oxygens (including phenoxy) is 1. The Bertz CT molecular complexity index is 828. The Kier molecular flexibility index (Phi) is 12.0. The SMILES string of the molecule is CCNC(CCC(=O)NC(C(C)=O)C(C)C)C(=O)NCc1cn(C(C)(C)CCOC(C)(C)C)nn1. The van der Waals surface area contributed by atoms with E-state index in [0.717, 1.165) is 6.42 Å². The van der Waals surface area contributed by atoms with Crippen molar-refractivity contribution in [2.75, 3.05) is 13.2 Å². The predicted octanol–water partition coefficient (Wildman–Crippen LogP) is 2.32. The maximum absolute atomic E-state index is 12.8. The molecule has 10 nitrogen and oxygen atoms in total. The largest absolute Gasteiger partial charge is 0.376 e. The lowest BCUT2D eigenvalue weighted by Gasteiger charge is -2.27. The number of amides is 2. The number of Topliss-reactive ketones (excluding diaryl/α,β-unsaturated/α-hetero) is 1. The minimum Gasteiger partial charge on any atom is -0.376 e. The van der Waals surface area contributed by atoms with E-state index in [1.807, 2.05) is 47.7 Å². The summed E-state index contributed by atoms with van der Waals surface area (Å²) in [6.07, 6.45) is 3.07. The summed E-state index contributed by atoms with van der Waals surface area (Å²) in [5, 5.41) is 17.2. The monoisotopic (exact) mass is 494 g/mol. The van der Waals surface area contributed by atoms with E-state index in [1.54, 1.807) is 4.68 Å². The molecule has 0 bridgehead atoms. The number of hydrogen-bond acceptors (Lipinski definition) is 7. The van der Waals surface area contributed by atoms with Gasteiger partial charge in [0.15, 0.2) is 5.78 Å². The van der Waals surface area contributed by atoms with Gasteiger partial charge in [-0.2, -0.15) is 0 Å². The van der Waals surface area contributed by atoms with Crippen LogP contribution < -0.4 is 16.0 Å². The van der Waals surface area contributed by atoms with E-state index in [1.165, 1.54) is 6.92 Å². The van der Waals surface area contributed by atoms with Gasteiger partial charge in [0.25, 0.3) is 0 Å². The number of carbonyl (C=O) groups excluding carboxylic acids is 3. The van der Waals surface area contributed by atoms with Gasteiger partial charge in [-0.25, -0.2) is 4.68 Å². The van der Waals surface area contributed by atoms with Gasteiger partial charge in [0.05, 0.1) is 36.0 Å². The molecule has 2 amide bonds. The van der Waals surface area contributed by atoms with Gasteiger partial charge >= 0.3 is 0 Å². The van der Waals surface area contributed by atoms with E-state index < -0.39 is 12.1 Å². The van der Waals surface area contributed by atoms with E-state index in [-0.39, 0.29) is 47.6 Å².